The van der Waals surface area contributed by atoms with Crippen molar-refractivity contribution in [1.82, 2.24) is 4.90 Å². The molecule has 0 saturated carbocycles. The zero-order valence-electron chi connectivity index (χ0n) is 13.3. The largest absolute Gasteiger partial charge is 0.497 e. The summed E-state index contributed by atoms with van der Waals surface area (Å²) in [6.45, 7) is -1.01. The summed E-state index contributed by atoms with van der Waals surface area (Å²) < 4.78 is 53.8. The van der Waals surface area contributed by atoms with Gasteiger partial charge in [0, 0.05) is 19.3 Å². The lowest BCUT2D eigenvalue weighted by atomic mass is 10.1. The molecule has 0 bridgehead atoms. The Hall–Kier alpha value is -1.96. The van der Waals surface area contributed by atoms with E-state index in [1.165, 1.54) is 7.11 Å². The number of nitrogens with zero attached hydrogens (tertiary/aromatic N) is 1. The van der Waals surface area contributed by atoms with Crippen molar-refractivity contribution < 1.29 is 32.2 Å². The van der Waals surface area contributed by atoms with Gasteiger partial charge in [0.25, 0.3) is 5.91 Å². The minimum absolute atomic E-state index is 0.353. The molecule has 134 valence electrons. The van der Waals surface area contributed by atoms with Crippen LogP contribution in [0.15, 0.2) is 24.3 Å². The number of methoxy groups -OCH3 is 1. The summed E-state index contributed by atoms with van der Waals surface area (Å²) in [6, 6.07) is 5.99. The van der Waals surface area contributed by atoms with Crippen molar-refractivity contribution in [3.05, 3.63) is 24.3 Å². The molecule has 0 radical (unpaired) electrons. The van der Waals surface area contributed by atoms with Crippen molar-refractivity contribution in [2.75, 3.05) is 33.5 Å². The van der Waals surface area contributed by atoms with Crippen LogP contribution in [0.25, 0.3) is 0 Å². The molecular formula is C16H20F3NO4. The van der Waals surface area contributed by atoms with Crippen molar-refractivity contribution in [3.8, 4) is 11.5 Å². The first-order valence-corrected chi connectivity index (χ1v) is 7.60. The Balaban J connectivity index is 1.97. The van der Waals surface area contributed by atoms with E-state index < -0.39 is 31.3 Å². The molecule has 0 spiro atoms. The highest BCUT2D eigenvalue weighted by molar-refractivity contribution is 5.78. The predicted octanol–water partition coefficient (Wildman–Crippen LogP) is 2.64. The zero-order valence-corrected chi connectivity index (χ0v) is 13.3. The maximum Gasteiger partial charge on any atom is 0.406 e. The van der Waals surface area contributed by atoms with E-state index >= 15 is 0 Å². The highest BCUT2D eigenvalue weighted by atomic mass is 19.4. The molecule has 1 aliphatic rings. The summed E-state index contributed by atoms with van der Waals surface area (Å²) in [5, 5.41) is 0. The summed E-state index contributed by atoms with van der Waals surface area (Å²) in [4.78, 5) is 13.1. The lowest BCUT2D eigenvalue weighted by Crippen LogP contribution is -2.49. The van der Waals surface area contributed by atoms with E-state index in [2.05, 4.69) is 0 Å². The maximum atomic E-state index is 12.8. The number of benzene rings is 1. The number of halogens is 3. The fraction of sp³-hybridized carbons (Fsp3) is 0.562. The minimum atomic E-state index is -4.45. The number of hydrogen-bond donors (Lipinski definition) is 0. The van der Waals surface area contributed by atoms with E-state index in [4.69, 9.17) is 14.2 Å². The van der Waals surface area contributed by atoms with Gasteiger partial charge in [0.15, 0.2) is 6.61 Å². The molecule has 1 amide bonds. The summed E-state index contributed by atoms with van der Waals surface area (Å²) in [6.07, 6.45) is -3.66. The fourth-order valence-corrected chi connectivity index (χ4v) is 2.51. The average molecular weight is 347 g/mol. The molecule has 1 fully saturated rings. The SMILES string of the molecule is COc1ccc(OCC(=O)N(CC(F)(F)F)C2CCOCC2)cc1. The number of carbonyl (C=O) groups is 1. The minimum Gasteiger partial charge on any atom is -0.497 e. The lowest BCUT2D eigenvalue weighted by molar-refractivity contribution is -0.170. The Bertz CT molecular complexity index is 527. The molecule has 0 aliphatic carbocycles. The van der Waals surface area contributed by atoms with Crippen LogP contribution in [-0.2, 0) is 9.53 Å². The van der Waals surface area contributed by atoms with E-state index in [1.54, 1.807) is 24.3 Å². The topological polar surface area (TPSA) is 48.0 Å². The van der Waals surface area contributed by atoms with Crippen LogP contribution in [0.5, 0.6) is 11.5 Å². The number of rotatable bonds is 6. The standard InChI is InChI=1S/C16H20F3NO4/c1-22-13-2-4-14(5-3-13)24-10-15(21)20(11-16(17,18)19)12-6-8-23-9-7-12/h2-5,12H,6-11H2,1H3. The Morgan fingerprint density at radius 3 is 2.33 bits per heavy atom. The van der Waals surface area contributed by atoms with Crippen LogP contribution in [-0.4, -0.2) is 56.5 Å². The molecule has 1 heterocycles. The molecule has 0 N–H and O–H groups in total. The second-order valence-electron chi connectivity index (χ2n) is 5.44. The van der Waals surface area contributed by atoms with Gasteiger partial charge in [-0.2, -0.15) is 13.2 Å². The Morgan fingerprint density at radius 2 is 1.79 bits per heavy atom. The second kappa shape index (κ2) is 8.23. The quantitative estimate of drug-likeness (QED) is 0.794. The second-order valence-corrected chi connectivity index (χ2v) is 5.44. The monoisotopic (exact) mass is 347 g/mol. The normalized spacial score (nSPS) is 15.8. The van der Waals surface area contributed by atoms with E-state index in [1.807, 2.05) is 0 Å². The zero-order chi connectivity index (χ0) is 17.6. The van der Waals surface area contributed by atoms with E-state index in [-0.39, 0.29) is 0 Å². The third kappa shape index (κ3) is 5.59. The number of amides is 1. The summed E-state index contributed by atoms with van der Waals surface area (Å²) in [5.41, 5.74) is 0. The molecule has 2 rings (SSSR count). The smallest absolute Gasteiger partial charge is 0.406 e. The van der Waals surface area contributed by atoms with Crippen LogP contribution in [0.3, 0.4) is 0 Å². The summed E-state index contributed by atoms with van der Waals surface area (Å²) >= 11 is 0. The van der Waals surface area contributed by atoms with Crippen LogP contribution < -0.4 is 9.47 Å². The average Bonchev–Trinajstić information content (AvgIpc) is 2.58. The highest BCUT2D eigenvalue weighted by Crippen LogP contribution is 2.23. The third-order valence-electron chi connectivity index (χ3n) is 3.72. The summed E-state index contributed by atoms with van der Waals surface area (Å²) in [7, 11) is 1.52. The van der Waals surface area contributed by atoms with Gasteiger partial charge in [0.1, 0.15) is 18.0 Å². The molecule has 1 aromatic carbocycles. The van der Waals surface area contributed by atoms with Gasteiger partial charge in [-0.05, 0) is 37.1 Å². The van der Waals surface area contributed by atoms with Crippen molar-refractivity contribution in [2.24, 2.45) is 0 Å². The lowest BCUT2D eigenvalue weighted by Gasteiger charge is -2.34. The van der Waals surface area contributed by atoms with E-state index in [9.17, 15) is 18.0 Å². The number of hydrogen-bond acceptors (Lipinski definition) is 4. The maximum absolute atomic E-state index is 12.8. The Morgan fingerprint density at radius 1 is 1.21 bits per heavy atom. The van der Waals surface area contributed by atoms with Crippen molar-refractivity contribution >= 4 is 5.91 Å². The molecule has 8 heteroatoms. The van der Waals surface area contributed by atoms with Crippen molar-refractivity contribution in [2.45, 2.75) is 25.1 Å². The van der Waals surface area contributed by atoms with Gasteiger partial charge in [0.2, 0.25) is 0 Å². The van der Waals surface area contributed by atoms with Crippen LogP contribution in [0.4, 0.5) is 13.2 Å². The first kappa shape index (κ1) is 18.4. The summed E-state index contributed by atoms with van der Waals surface area (Å²) in [5.74, 6) is 0.327. The van der Waals surface area contributed by atoms with Gasteiger partial charge in [-0.25, -0.2) is 0 Å². The molecular weight excluding hydrogens is 327 g/mol. The number of carbonyl (C=O) groups excluding carboxylic acids is 1. The van der Waals surface area contributed by atoms with Gasteiger partial charge < -0.3 is 19.1 Å². The molecule has 0 aromatic heterocycles. The van der Waals surface area contributed by atoms with Gasteiger partial charge in [0.05, 0.1) is 7.11 Å². The fourth-order valence-electron chi connectivity index (χ4n) is 2.51. The van der Waals surface area contributed by atoms with Crippen LogP contribution in [0.2, 0.25) is 0 Å². The van der Waals surface area contributed by atoms with Crippen LogP contribution >= 0.6 is 0 Å². The van der Waals surface area contributed by atoms with Crippen molar-refractivity contribution in [1.29, 1.82) is 0 Å². The Labute approximate surface area is 138 Å². The molecule has 1 aromatic rings. The molecule has 5 nitrogen and oxygen atoms in total. The van der Waals surface area contributed by atoms with E-state index in [0.29, 0.717) is 37.6 Å². The highest BCUT2D eigenvalue weighted by Gasteiger charge is 2.37. The molecule has 0 unspecified atom stereocenters. The van der Waals surface area contributed by atoms with Crippen molar-refractivity contribution in [3.63, 3.8) is 0 Å². The Kier molecular flexibility index (Phi) is 6.30. The third-order valence-corrected chi connectivity index (χ3v) is 3.72. The first-order valence-electron chi connectivity index (χ1n) is 7.60. The molecule has 0 atom stereocenters. The number of ether oxygens (including phenoxy) is 3. The van der Waals surface area contributed by atoms with Gasteiger partial charge >= 0.3 is 6.18 Å². The van der Waals surface area contributed by atoms with E-state index in [0.717, 1.165) is 4.90 Å². The van der Waals surface area contributed by atoms with Gasteiger partial charge in [-0.15, -0.1) is 0 Å². The molecule has 1 aliphatic heterocycles. The van der Waals surface area contributed by atoms with Gasteiger partial charge in [-0.1, -0.05) is 0 Å². The van der Waals surface area contributed by atoms with Gasteiger partial charge in [-0.3, -0.25) is 4.79 Å². The van der Waals surface area contributed by atoms with Crippen LogP contribution in [0.1, 0.15) is 12.8 Å². The molecule has 1 saturated heterocycles. The first-order chi connectivity index (χ1) is 11.4. The van der Waals surface area contributed by atoms with Crippen LogP contribution in [0, 0.1) is 0 Å². The molecule has 24 heavy (non-hydrogen) atoms. The predicted molar refractivity (Wildman–Crippen MR) is 80.1 cm³/mol. The number of alkyl halides is 3.